The molecule has 1 aliphatic rings. The van der Waals surface area contributed by atoms with E-state index in [0.29, 0.717) is 6.54 Å². The molecule has 118 valence electrons. The summed E-state index contributed by atoms with van der Waals surface area (Å²) >= 11 is 3.46. The van der Waals surface area contributed by atoms with Gasteiger partial charge in [-0.2, -0.15) is 0 Å². The number of rotatable bonds is 4. The Hall–Kier alpha value is -0.780. The third-order valence-corrected chi connectivity index (χ3v) is 4.13. The van der Waals surface area contributed by atoms with Gasteiger partial charge in [-0.3, -0.25) is 4.79 Å². The fourth-order valence-corrected chi connectivity index (χ4v) is 2.94. The summed E-state index contributed by atoms with van der Waals surface area (Å²) in [7, 11) is 3.50. The van der Waals surface area contributed by atoms with Gasteiger partial charge in [0.05, 0.1) is 13.2 Å². The molecule has 0 spiro atoms. The van der Waals surface area contributed by atoms with Crippen molar-refractivity contribution in [2.45, 2.75) is 31.8 Å². The highest BCUT2D eigenvalue weighted by Crippen LogP contribution is 2.24. The lowest BCUT2D eigenvalue weighted by Gasteiger charge is -2.28. The number of carbonyl (C=O) groups is 1. The molecule has 1 amide bonds. The predicted octanol–water partition coefficient (Wildman–Crippen LogP) is 2.98. The fraction of sp³-hybridized carbons (Fsp3) is 0.533. The van der Waals surface area contributed by atoms with Crippen LogP contribution in [0.15, 0.2) is 22.7 Å². The number of likely N-dealkylation sites (N-methyl/N-ethyl adjacent to an activating group) is 1. The summed E-state index contributed by atoms with van der Waals surface area (Å²) in [6.07, 6.45) is 3.21. The maximum absolute atomic E-state index is 12.4. The van der Waals surface area contributed by atoms with E-state index >= 15 is 0 Å². The fourth-order valence-electron chi connectivity index (χ4n) is 2.53. The van der Waals surface area contributed by atoms with Crippen molar-refractivity contribution in [3.8, 4) is 5.75 Å². The second-order valence-corrected chi connectivity index (χ2v) is 6.07. The summed E-state index contributed by atoms with van der Waals surface area (Å²) < 4.78 is 6.34. The number of carbonyl (C=O) groups excluding carboxylic acids is 1. The van der Waals surface area contributed by atoms with Crippen LogP contribution in [0, 0.1) is 0 Å². The van der Waals surface area contributed by atoms with Crippen LogP contribution in [-0.4, -0.2) is 37.6 Å². The third kappa shape index (κ3) is 4.87. The molecular formula is C15H22BrClN2O2. The quantitative estimate of drug-likeness (QED) is 0.877. The topological polar surface area (TPSA) is 41.6 Å². The second-order valence-electron chi connectivity index (χ2n) is 5.15. The van der Waals surface area contributed by atoms with E-state index in [1.165, 1.54) is 0 Å². The van der Waals surface area contributed by atoms with Crippen LogP contribution in [0.1, 0.15) is 24.8 Å². The van der Waals surface area contributed by atoms with Crippen LogP contribution in [0.3, 0.4) is 0 Å². The lowest BCUT2D eigenvalue weighted by Crippen LogP contribution is -2.47. The largest absolute Gasteiger partial charge is 0.496 e. The van der Waals surface area contributed by atoms with Crippen molar-refractivity contribution in [3.05, 3.63) is 28.2 Å². The number of piperidine rings is 1. The molecule has 21 heavy (non-hydrogen) atoms. The third-order valence-electron chi connectivity index (χ3n) is 3.63. The zero-order valence-corrected chi connectivity index (χ0v) is 14.8. The molecule has 1 N–H and O–H groups in total. The molecule has 0 aromatic heterocycles. The van der Waals surface area contributed by atoms with Crippen molar-refractivity contribution in [3.63, 3.8) is 0 Å². The molecule has 1 saturated heterocycles. The molecule has 0 bridgehead atoms. The van der Waals surface area contributed by atoms with Gasteiger partial charge in [0, 0.05) is 23.6 Å². The predicted molar refractivity (Wildman–Crippen MR) is 90.1 cm³/mol. The highest BCUT2D eigenvalue weighted by Gasteiger charge is 2.24. The van der Waals surface area contributed by atoms with Crippen LogP contribution in [0.4, 0.5) is 0 Å². The first-order chi connectivity index (χ1) is 9.61. The van der Waals surface area contributed by atoms with Crippen LogP contribution in [0.2, 0.25) is 0 Å². The van der Waals surface area contributed by atoms with Gasteiger partial charge >= 0.3 is 0 Å². The van der Waals surface area contributed by atoms with Gasteiger partial charge in [-0.1, -0.05) is 22.4 Å². The lowest BCUT2D eigenvalue weighted by molar-refractivity contribution is -0.133. The Morgan fingerprint density at radius 1 is 1.48 bits per heavy atom. The highest BCUT2D eigenvalue weighted by molar-refractivity contribution is 9.10. The maximum atomic E-state index is 12.4. The van der Waals surface area contributed by atoms with E-state index in [0.717, 1.165) is 41.6 Å². The van der Waals surface area contributed by atoms with Crippen LogP contribution in [0.5, 0.6) is 5.75 Å². The summed E-state index contributed by atoms with van der Waals surface area (Å²) in [5, 5.41) is 3.29. The van der Waals surface area contributed by atoms with Crippen molar-refractivity contribution in [2.24, 2.45) is 0 Å². The average molecular weight is 378 g/mol. The van der Waals surface area contributed by atoms with Crippen LogP contribution in [-0.2, 0) is 11.3 Å². The van der Waals surface area contributed by atoms with Gasteiger partial charge in [0.15, 0.2) is 0 Å². The van der Waals surface area contributed by atoms with E-state index in [2.05, 4.69) is 21.2 Å². The molecular weight excluding hydrogens is 356 g/mol. The van der Waals surface area contributed by atoms with Crippen LogP contribution in [0.25, 0.3) is 0 Å². The molecule has 1 atom stereocenters. The molecule has 1 fully saturated rings. The van der Waals surface area contributed by atoms with Gasteiger partial charge in [0.25, 0.3) is 0 Å². The molecule has 4 nitrogen and oxygen atoms in total. The number of hydrogen-bond donors (Lipinski definition) is 1. The van der Waals surface area contributed by atoms with Crippen molar-refractivity contribution in [1.82, 2.24) is 10.2 Å². The van der Waals surface area contributed by atoms with E-state index in [-0.39, 0.29) is 24.4 Å². The van der Waals surface area contributed by atoms with E-state index in [4.69, 9.17) is 4.74 Å². The standard InChI is InChI=1S/C15H21BrN2O2.ClH/c1-18(15(19)13-5-3-4-8-17-13)10-11-9-12(16)6-7-14(11)20-2;/h6-7,9,13,17H,3-5,8,10H2,1-2H3;1H. The van der Waals surface area contributed by atoms with Crippen LogP contribution >= 0.6 is 28.3 Å². The first-order valence-electron chi connectivity index (χ1n) is 6.92. The van der Waals surface area contributed by atoms with E-state index in [1.807, 2.05) is 25.2 Å². The van der Waals surface area contributed by atoms with Gasteiger partial charge in [-0.25, -0.2) is 0 Å². The Labute approximate surface area is 140 Å². The van der Waals surface area contributed by atoms with Gasteiger partial charge in [0.1, 0.15) is 5.75 Å². The Bertz CT molecular complexity index is 479. The van der Waals surface area contributed by atoms with Crippen LogP contribution < -0.4 is 10.1 Å². The molecule has 1 aromatic rings. The van der Waals surface area contributed by atoms with Crippen molar-refractivity contribution >= 4 is 34.2 Å². The molecule has 1 aromatic carbocycles. The van der Waals surface area contributed by atoms with E-state index in [1.54, 1.807) is 12.0 Å². The smallest absolute Gasteiger partial charge is 0.239 e. The summed E-state index contributed by atoms with van der Waals surface area (Å²) in [6.45, 7) is 1.49. The highest BCUT2D eigenvalue weighted by atomic mass is 79.9. The molecule has 0 radical (unpaired) electrons. The maximum Gasteiger partial charge on any atom is 0.239 e. The van der Waals surface area contributed by atoms with Gasteiger partial charge in [0.2, 0.25) is 5.91 Å². The summed E-state index contributed by atoms with van der Waals surface area (Å²) in [5.41, 5.74) is 1.01. The minimum absolute atomic E-state index is 0. The molecule has 2 rings (SSSR count). The number of nitrogens with one attached hydrogen (secondary N) is 1. The Balaban J connectivity index is 0.00000220. The minimum atomic E-state index is -0.0353. The number of hydrogen-bond acceptors (Lipinski definition) is 3. The Morgan fingerprint density at radius 3 is 2.86 bits per heavy atom. The second kappa shape index (κ2) is 8.61. The Kier molecular flexibility index (Phi) is 7.49. The molecule has 1 heterocycles. The van der Waals surface area contributed by atoms with Gasteiger partial charge in [-0.05, 0) is 37.6 Å². The number of ether oxygens (including phenoxy) is 1. The first-order valence-corrected chi connectivity index (χ1v) is 7.72. The molecule has 6 heteroatoms. The van der Waals surface area contributed by atoms with E-state index < -0.39 is 0 Å². The zero-order chi connectivity index (χ0) is 14.5. The number of methoxy groups -OCH3 is 1. The molecule has 0 saturated carbocycles. The number of halogens is 2. The van der Waals surface area contributed by atoms with Gasteiger partial charge < -0.3 is 15.0 Å². The summed E-state index contributed by atoms with van der Waals surface area (Å²) in [6, 6.07) is 5.81. The lowest BCUT2D eigenvalue weighted by atomic mass is 10.0. The Morgan fingerprint density at radius 2 is 2.24 bits per heavy atom. The SMILES string of the molecule is COc1ccc(Br)cc1CN(C)C(=O)C1CCCCN1.Cl. The minimum Gasteiger partial charge on any atom is -0.496 e. The van der Waals surface area contributed by atoms with Gasteiger partial charge in [-0.15, -0.1) is 12.4 Å². The van der Waals surface area contributed by atoms with Crippen molar-refractivity contribution in [2.75, 3.05) is 20.7 Å². The number of amides is 1. The monoisotopic (exact) mass is 376 g/mol. The van der Waals surface area contributed by atoms with Crippen molar-refractivity contribution in [1.29, 1.82) is 0 Å². The summed E-state index contributed by atoms with van der Waals surface area (Å²) in [4.78, 5) is 14.2. The molecule has 1 aliphatic heterocycles. The number of benzene rings is 1. The number of nitrogens with zero attached hydrogens (tertiary/aromatic N) is 1. The van der Waals surface area contributed by atoms with Crippen molar-refractivity contribution < 1.29 is 9.53 Å². The molecule has 1 unspecified atom stereocenters. The zero-order valence-electron chi connectivity index (χ0n) is 12.4. The van der Waals surface area contributed by atoms with E-state index in [9.17, 15) is 4.79 Å². The first kappa shape index (κ1) is 18.3. The summed E-state index contributed by atoms with van der Waals surface area (Å²) in [5.74, 6) is 0.969. The average Bonchev–Trinajstić information content (AvgIpc) is 2.47. The normalized spacial score (nSPS) is 17.8. The molecule has 0 aliphatic carbocycles.